The van der Waals surface area contributed by atoms with Crippen molar-refractivity contribution in [1.29, 1.82) is 10.5 Å². The highest BCUT2D eigenvalue weighted by Gasteiger charge is 2.03. The Kier molecular flexibility index (Phi) is 4.64. The van der Waals surface area contributed by atoms with E-state index in [2.05, 4.69) is 10.5 Å². The van der Waals surface area contributed by atoms with Crippen molar-refractivity contribution >= 4 is 17.2 Å². The van der Waals surface area contributed by atoms with Gasteiger partial charge in [-0.2, -0.15) is 15.6 Å². The molecule has 2 aromatic rings. The van der Waals surface area contributed by atoms with Crippen molar-refractivity contribution in [3.05, 3.63) is 54.1 Å². The minimum Gasteiger partial charge on any atom is -0.295 e. The van der Waals surface area contributed by atoms with Gasteiger partial charge in [-0.1, -0.05) is 30.3 Å². The van der Waals surface area contributed by atoms with Gasteiger partial charge in [-0.05, 0) is 36.2 Å². The molecular weight excluding hydrogens is 276 g/mol. The number of nitrogens with one attached hydrogen (secondary N) is 1. The maximum absolute atomic E-state index is 11.4. The Hall–Kier alpha value is -3.44. The van der Waals surface area contributed by atoms with Crippen LogP contribution in [0.5, 0.6) is 0 Å². The standard InChI is InChI=1S/C17H12N4O/c1-12(22)14-3-2-4-15(9-14)13-5-7-16(8-6-13)20-21-17(10-18)11-19/h2-9,20H,1H3. The number of carbonyl (C=O) groups excluding carboxylic acids is 1. The van der Waals surface area contributed by atoms with Gasteiger partial charge < -0.3 is 0 Å². The second kappa shape index (κ2) is 6.83. The normalized spacial score (nSPS) is 9.23. The molecule has 0 fully saturated rings. The number of rotatable bonds is 4. The predicted molar refractivity (Wildman–Crippen MR) is 84.2 cm³/mol. The lowest BCUT2D eigenvalue weighted by atomic mass is 10.0. The molecule has 0 heterocycles. The predicted octanol–water partition coefficient (Wildman–Crippen LogP) is 3.37. The van der Waals surface area contributed by atoms with Crippen molar-refractivity contribution < 1.29 is 4.79 Å². The highest BCUT2D eigenvalue weighted by Crippen LogP contribution is 2.22. The number of ketones is 1. The number of Topliss-reactive ketones (excluding diaryl/α,β-unsaturated/α-hetero) is 1. The van der Waals surface area contributed by atoms with E-state index in [1.54, 1.807) is 30.3 Å². The molecule has 22 heavy (non-hydrogen) atoms. The van der Waals surface area contributed by atoms with E-state index in [-0.39, 0.29) is 11.5 Å². The summed E-state index contributed by atoms with van der Waals surface area (Å²) in [6.07, 6.45) is 0. The van der Waals surface area contributed by atoms with Gasteiger partial charge in [-0.25, -0.2) is 0 Å². The van der Waals surface area contributed by atoms with Crippen molar-refractivity contribution in [2.45, 2.75) is 6.92 Å². The molecule has 0 saturated carbocycles. The Labute approximate surface area is 128 Å². The average Bonchev–Trinajstić information content (AvgIpc) is 2.56. The van der Waals surface area contributed by atoms with Crippen LogP contribution in [0, 0.1) is 22.7 Å². The largest absolute Gasteiger partial charge is 0.295 e. The fourth-order valence-electron chi connectivity index (χ4n) is 1.85. The number of hydrazone groups is 1. The zero-order valence-electron chi connectivity index (χ0n) is 11.9. The SMILES string of the molecule is CC(=O)c1cccc(-c2ccc(NN=C(C#N)C#N)cc2)c1. The molecule has 0 amide bonds. The number of hydrogen-bond acceptors (Lipinski definition) is 5. The zero-order chi connectivity index (χ0) is 15.9. The minimum absolute atomic E-state index is 0.0232. The van der Waals surface area contributed by atoms with Gasteiger partial charge in [-0.15, -0.1) is 0 Å². The summed E-state index contributed by atoms with van der Waals surface area (Å²) in [4.78, 5) is 11.4. The molecule has 0 aromatic heterocycles. The summed E-state index contributed by atoms with van der Waals surface area (Å²) in [5.74, 6) is 0.0232. The third-order valence-electron chi connectivity index (χ3n) is 3.00. The van der Waals surface area contributed by atoms with Crippen molar-refractivity contribution in [2.24, 2.45) is 5.10 Å². The molecule has 5 heteroatoms. The second-order valence-corrected chi connectivity index (χ2v) is 4.51. The average molecular weight is 288 g/mol. The van der Waals surface area contributed by atoms with E-state index in [4.69, 9.17) is 10.5 Å². The maximum Gasteiger partial charge on any atom is 0.237 e. The smallest absolute Gasteiger partial charge is 0.237 e. The summed E-state index contributed by atoms with van der Waals surface area (Å²) < 4.78 is 0. The number of nitrogens with zero attached hydrogens (tertiary/aromatic N) is 3. The van der Waals surface area contributed by atoms with Crippen LogP contribution in [0.3, 0.4) is 0 Å². The fraction of sp³-hybridized carbons (Fsp3) is 0.0588. The molecule has 0 atom stereocenters. The lowest BCUT2D eigenvalue weighted by Crippen LogP contribution is -1.96. The second-order valence-electron chi connectivity index (χ2n) is 4.51. The van der Waals surface area contributed by atoms with Crippen LogP contribution in [-0.2, 0) is 0 Å². The van der Waals surface area contributed by atoms with Gasteiger partial charge in [-0.3, -0.25) is 10.2 Å². The first-order chi connectivity index (χ1) is 10.6. The molecule has 0 aliphatic heterocycles. The van der Waals surface area contributed by atoms with E-state index in [0.29, 0.717) is 11.3 Å². The molecule has 0 unspecified atom stereocenters. The molecule has 0 saturated heterocycles. The van der Waals surface area contributed by atoms with E-state index in [9.17, 15) is 4.79 Å². The van der Waals surface area contributed by atoms with Crippen molar-refractivity contribution in [2.75, 3.05) is 5.43 Å². The zero-order valence-corrected chi connectivity index (χ0v) is 11.9. The van der Waals surface area contributed by atoms with Crippen molar-refractivity contribution in [1.82, 2.24) is 0 Å². The van der Waals surface area contributed by atoms with Gasteiger partial charge in [0, 0.05) is 5.56 Å². The first-order valence-electron chi connectivity index (χ1n) is 6.49. The summed E-state index contributed by atoms with van der Waals surface area (Å²) in [5.41, 5.74) is 5.63. The van der Waals surface area contributed by atoms with E-state index in [1.165, 1.54) is 6.92 Å². The minimum atomic E-state index is -0.238. The van der Waals surface area contributed by atoms with Gasteiger partial charge in [0.1, 0.15) is 12.1 Å². The topological polar surface area (TPSA) is 89.0 Å². The van der Waals surface area contributed by atoms with Crippen LogP contribution in [0.1, 0.15) is 17.3 Å². The third-order valence-corrected chi connectivity index (χ3v) is 3.00. The summed E-state index contributed by atoms with van der Waals surface area (Å²) >= 11 is 0. The van der Waals surface area contributed by atoms with E-state index in [1.807, 2.05) is 30.3 Å². The monoisotopic (exact) mass is 288 g/mol. The molecule has 2 rings (SSSR count). The Morgan fingerprint density at radius 1 is 1.05 bits per heavy atom. The Balaban J connectivity index is 2.21. The van der Waals surface area contributed by atoms with Gasteiger partial charge >= 0.3 is 0 Å². The number of nitriles is 2. The lowest BCUT2D eigenvalue weighted by Gasteiger charge is -2.05. The van der Waals surface area contributed by atoms with Crippen LogP contribution < -0.4 is 5.43 Å². The molecule has 0 aliphatic carbocycles. The van der Waals surface area contributed by atoms with Crippen LogP contribution in [0.15, 0.2) is 53.6 Å². The summed E-state index contributed by atoms with van der Waals surface area (Å²) in [6.45, 7) is 1.53. The Morgan fingerprint density at radius 3 is 2.32 bits per heavy atom. The molecule has 0 radical (unpaired) electrons. The Bertz CT molecular complexity index is 792. The van der Waals surface area contributed by atoms with Crippen LogP contribution in [0.4, 0.5) is 5.69 Å². The van der Waals surface area contributed by atoms with Crippen LogP contribution in [-0.4, -0.2) is 11.5 Å². The number of carbonyl (C=O) groups is 1. The first kappa shape index (κ1) is 15.0. The number of anilines is 1. The lowest BCUT2D eigenvalue weighted by molar-refractivity contribution is 0.101. The molecule has 0 aliphatic rings. The molecule has 1 N–H and O–H groups in total. The number of benzene rings is 2. The van der Waals surface area contributed by atoms with E-state index >= 15 is 0 Å². The molecule has 5 nitrogen and oxygen atoms in total. The summed E-state index contributed by atoms with van der Waals surface area (Å²) in [6, 6.07) is 18.0. The van der Waals surface area contributed by atoms with Gasteiger partial charge in [0.25, 0.3) is 0 Å². The summed E-state index contributed by atoms with van der Waals surface area (Å²) in [7, 11) is 0. The highest BCUT2D eigenvalue weighted by atomic mass is 16.1. The Morgan fingerprint density at radius 2 is 1.73 bits per heavy atom. The fourth-order valence-corrected chi connectivity index (χ4v) is 1.85. The quantitative estimate of drug-likeness (QED) is 0.530. The molecule has 2 aromatic carbocycles. The van der Waals surface area contributed by atoms with Crippen LogP contribution in [0.2, 0.25) is 0 Å². The third kappa shape index (κ3) is 3.56. The van der Waals surface area contributed by atoms with Crippen LogP contribution >= 0.6 is 0 Å². The van der Waals surface area contributed by atoms with E-state index < -0.39 is 0 Å². The maximum atomic E-state index is 11.4. The van der Waals surface area contributed by atoms with Gasteiger partial charge in [0.15, 0.2) is 5.78 Å². The highest BCUT2D eigenvalue weighted by molar-refractivity contribution is 6.10. The van der Waals surface area contributed by atoms with Crippen LogP contribution in [0.25, 0.3) is 11.1 Å². The molecule has 0 spiro atoms. The summed E-state index contributed by atoms with van der Waals surface area (Å²) in [5, 5.41) is 20.9. The molecule has 106 valence electrons. The first-order valence-corrected chi connectivity index (χ1v) is 6.49. The number of hydrogen-bond donors (Lipinski definition) is 1. The van der Waals surface area contributed by atoms with E-state index in [0.717, 1.165) is 11.1 Å². The van der Waals surface area contributed by atoms with Crippen molar-refractivity contribution in [3.8, 4) is 23.3 Å². The van der Waals surface area contributed by atoms with Gasteiger partial charge in [0.05, 0.1) is 5.69 Å². The van der Waals surface area contributed by atoms with Crippen molar-refractivity contribution in [3.63, 3.8) is 0 Å². The molecular formula is C17H12N4O. The van der Waals surface area contributed by atoms with Gasteiger partial charge in [0.2, 0.25) is 5.71 Å². The molecule has 0 bridgehead atoms.